The van der Waals surface area contributed by atoms with Gasteiger partial charge in [-0.05, 0) is 130 Å². The van der Waals surface area contributed by atoms with E-state index in [0.717, 1.165) is 100 Å². The van der Waals surface area contributed by atoms with Crippen molar-refractivity contribution in [3.63, 3.8) is 0 Å². The maximum atomic E-state index is 5.44. The lowest BCUT2D eigenvalue weighted by molar-refractivity contribution is 1.07. The highest BCUT2D eigenvalue weighted by atomic mass is 32.1. The van der Waals surface area contributed by atoms with Crippen LogP contribution < -0.4 is 0 Å². The van der Waals surface area contributed by atoms with Crippen molar-refractivity contribution in [1.82, 2.24) is 39.9 Å². The van der Waals surface area contributed by atoms with Gasteiger partial charge in [-0.3, -0.25) is 0 Å². The molecular weight excluding hydrogens is 1550 g/mol. The van der Waals surface area contributed by atoms with Crippen LogP contribution in [0.3, 0.4) is 0 Å². The van der Waals surface area contributed by atoms with Gasteiger partial charge in [0.1, 0.15) is 0 Å². The molecule has 0 unspecified atom stereocenters. The summed E-state index contributed by atoms with van der Waals surface area (Å²) < 4.78 is 4.88. The van der Waals surface area contributed by atoms with E-state index in [1.54, 1.807) is 0 Å². The molecule has 6 aromatic heterocycles. The molecule has 0 spiro atoms. The molecular formula is C114H70N8S2. The van der Waals surface area contributed by atoms with Crippen molar-refractivity contribution in [2.75, 3.05) is 0 Å². The van der Waals surface area contributed by atoms with Crippen LogP contribution in [0, 0.1) is 0 Å². The lowest BCUT2D eigenvalue weighted by Crippen LogP contribution is -2.00. The Bertz CT molecular complexity index is 8040. The second kappa shape index (κ2) is 31.3. The molecule has 0 bridgehead atoms. The second-order valence-corrected chi connectivity index (χ2v) is 33.3. The van der Waals surface area contributed by atoms with E-state index >= 15 is 0 Å². The summed E-state index contributed by atoms with van der Waals surface area (Å²) in [5.74, 6) is 3.79. The predicted octanol–water partition coefficient (Wildman–Crippen LogP) is 30.7. The molecule has 124 heavy (non-hydrogen) atoms. The lowest BCUT2D eigenvalue weighted by Gasteiger charge is -2.13. The molecule has 0 N–H and O–H groups in total. The van der Waals surface area contributed by atoms with Crippen molar-refractivity contribution in [1.29, 1.82) is 0 Å². The fourth-order valence-electron chi connectivity index (χ4n) is 17.5. The van der Waals surface area contributed by atoms with Crippen LogP contribution in [0.2, 0.25) is 0 Å². The number of aromatic nitrogens is 8. The first-order valence-electron chi connectivity index (χ1n) is 41.6. The zero-order chi connectivity index (χ0) is 82.0. The minimum absolute atomic E-state index is 0.618. The summed E-state index contributed by atoms with van der Waals surface area (Å²) >= 11 is 3.62. The summed E-state index contributed by atoms with van der Waals surface area (Å²) in [6, 6.07) is 150. The molecule has 578 valence electrons. The van der Waals surface area contributed by atoms with Gasteiger partial charge in [-0.2, -0.15) is 0 Å². The first-order valence-corrected chi connectivity index (χ1v) is 43.2. The Morgan fingerprint density at radius 2 is 0.395 bits per heavy atom. The molecule has 24 rings (SSSR count). The maximum Gasteiger partial charge on any atom is 0.164 e. The predicted molar refractivity (Wildman–Crippen MR) is 519 cm³/mol. The third-order valence-electron chi connectivity index (χ3n) is 23.7. The Morgan fingerprint density at radius 1 is 0.137 bits per heavy atom. The van der Waals surface area contributed by atoms with E-state index in [0.29, 0.717) is 34.9 Å². The Kier molecular flexibility index (Phi) is 18.5. The summed E-state index contributed by atoms with van der Waals surface area (Å²) in [5, 5.41) is 15.0. The first-order chi connectivity index (χ1) is 61.4. The Balaban J connectivity index is 0.000000144. The molecule has 8 nitrogen and oxygen atoms in total. The van der Waals surface area contributed by atoms with Gasteiger partial charge >= 0.3 is 0 Å². The average molecular weight is 1620 g/mol. The summed E-state index contributed by atoms with van der Waals surface area (Å²) in [7, 11) is 0. The number of fused-ring (bicyclic) bond motifs is 16. The lowest BCUT2D eigenvalue weighted by atomic mass is 9.91. The molecule has 0 saturated carbocycles. The molecule has 0 aliphatic rings. The summed E-state index contributed by atoms with van der Waals surface area (Å²) in [5.41, 5.74) is 23.2. The van der Waals surface area contributed by atoms with Crippen LogP contribution in [0.5, 0.6) is 0 Å². The third kappa shape index (κ3) is 13.6. The van der Waals surface area contributed by atoms with Crippen LogP contribution in [0.25, 0.3) is 241 Å². The molecule has 0 fully saturated rings. The topological polar surface area (TPSA) is 103 Å². The maximum absolute atomic E-state index is 5.44. The number of thiophene rings is 2. The van der Waals surface area contributed by atoms with Crippen molar-refractivity contribution in [2.24, 2.45) is 0 Å². The molecule has 24 aromatic rings. The van der Waals surface area contributed by atoms with E-state index in [2.05, 4.69) is 352 Å². The van der Waals surface area contributed by atoms with E-state index in [1.165, 1.54) is 106 Å². The second-order valence-electron chi connectivity index (χ2n) is 31.2. The number of nitrogens with zero attached hydrogens (tertiary/aromatic N) is 8. The number of hydrogen-bond donors (Lipinski definition) is 0. The summed E-state index contributed by atoms with van der Waals surface area (Å²) in [6.07, 6.45) is 0. The van der Waals surface area contributed by atoms with Gasteiger partial charge in [0.25, 0.3) is 0 Å². The third-order valence-corrected chi connectivity index (χ3v) is 26.0. The van der Waals surface area contributed by atoms with Gasteiger partial charge < -0.3 is 0 Å². The van der Waals surface area contributed by atoms with E-state index in [4.69, 9.17) is 39.9 Å². The van der Waals surface area contributed by atoms with Crippen LogP contribution in [0.4, 0.5) is 0 Å². The molecule has 0 saturated heterocycles. The molecule has 18 aromatic carbocycles. The Hall–Kier alpha value is -16.0. The first kappa shape index (κ1) is 73.2. The van der Waals surface area contributed by atoms with Crippen molar-refractivity contribution < 1.29 is 0 Å². The van der Waals surface area contributed by atoms with E-state index in [-0.39, 0.29) is 0 Å². The van der Waals surface area contributed by atoms with E-state index in [1.807, 2.05) is 95.5 Å². The molecule has 0 aliphatic heterocycles. The molecule has 0 radical (unpaired) electrons. The van der Waals surface area contributed by atoms with Crippen LogP contribution >= 0.6 is 22.7 Å². The van der Waals surface area contributed by atoms with Gasteiger partial charge in [0.2, 0.25) is 0 Å². The van der Waals surface area contributed by atoms with Crippen molar-refractivity contribution in [3.8, 4) is 146 Å². The quantitative estimate of drug-likeness (QED) is 0.105. The van der Waals surface area contributed by atoms with Gasteiger partial charge in [0, 0.05) is 86.2 Å². The van der Waals surface area contributed by atoms with E-state index < -0.39 is 0 Å². The van der Waals surface area contributed by atoms with Gasteiger partial charge in [0.15, 0.2) is 34.9 Å². The highest BCUT2D eigenvalue weighted by Crippen LogP contribution is 2.48. The number of hydrogen-bond acceptors (Lipinski definition) is 10. The fourth-order valence-corrected chi connectivity index (χ4v) is 19.9. The van der Waals surface area contributed by atoms with Crippen molar-refractivity contribution in [2.45, 2.75) is 0 Å². The van der Waals surface area contributed by atoms with Gasteiger partial charge in [-0.25, -0.2) is 39.9 Å². The number of rotatable bonds is 13. The van der Waals surface area contributed by atoms with Crippen LogP contribution in [-0.4, -0.2) is 39.9 Å². The van der Waals surface area contributed by atoms with Crippen molar-refractivity contribution >= 4 is 117 Å². The molecule has 0 atom stereocenters. The average Bonchev–Trinajstić information content (AvgIpc) is 1.50. The monoisotopic (exact) mass is 1610 g/mol. The molecule has 10 heteroatoms. The highest BCUT2D eigenvalue weighted by molar-refractivity contribution is 7.27. The number of pyridine rings is 2. The van der Waals surface area contributed by atoms with Crippen molar-refractivity contribution in [3.05, 3.63) is 425 Å². The Labute approximate surface area is 722 Å². The largest absolute Gasteiger partial charge is 0.246 e. The number of benzene rings is 18. The zero-order valence-corrected chi connectivity index (χ0v) is 68.4. The Morgan fingerprint density at radius 3 is 0.839 bits per heavy atom. The van der Waals surface area contributed by atoms with Crippen LogP contribution in [-0.2, 0) is 0 Å². The van der Waals surface area contributed by atoms with Gasteiger partial charge in [-0.15, -0.1) is 22.7 Å². The van der Waals surface area contributed by atoms with Crippen LogP contribution in [0.1, 0.15) is 0 Å². The SMILES string of the molecule is c1ccc(-c2ccc(-c3nc(-c4ccc(-c5ccccc5)cc4)nc(-c4ccc(-c5cccc(-c6nc7cc(-c8ccccc8)ccc7c7c6sc6ccccc67)c5)cc4)n3)cc2)cc1.c1ccc(-c2nc(-c3ccccc3)nc(-c3ccc(-c4nc5ccc(-c6ccc7c8ccccc8c8ccccc8c7c6)cc5c5c4sc4ccccc45)cc3)n2)cc1. The molecule has 0 amide bonds. The summed E-state index contributed by atoms with van der Waals surface area (Å²) in [6.45, 7) is 0. The minimum atomic E-state index is 0.618. The standard InChI is InChI=1S/C60H38N4S.C54H32N4S/c1-4-13-39(14-5-1)42-23-29-45(30-24-42)58-62-59(46-31-25-43(26-32-46)40-15-6-2-7-16-40)64-60(63-58)47-33-27-44(28-34-47)48-19-12-20-50(37-48)56-57-55(52-21-10-11-22-54(52)65-57)51-36-35-49(38-53(51)61-56)41-17-8-3-9-18-41;1-3-13-34(14-4-1)52-56-53(35-15-5-2-6-16-35)58-54(57-52)36-25-23-33(24-26-36)50-51-49(44-21-11-12-22-48(44)59-51)46-32-38(28-30-47(46)55-50)37-27-29-43-41-19-8-7-17-39(41)40-18-9-10-20-42(40)45(43)31-37/h1-38H;1-32H. The minimum Gasteiger partial charge on any atom is -0.246 e. The fraction of sp³-hybridized carbons (Fsp3) is 0. The summed E-state index contributed by atoms with van der Waals surface area (Å²) in [4.78, 5) is 40.9. The molecule has 0 aliphatic carbocycles. The zero-order valence-electron chi connectivity index (χ0n) is 66.8. The smallest absolute Gasteiger partial charge is 0.164 e. The highest BCUT2D eigenvalue weighted by Gasteiger charge is 2.23. The normalized spacial score (nSPS) is 11.5. The van der Waals surface area contributed by atoms with Gasteiger partial charge in [0.05, 0.1) is 31.8 Å². The van der Waals surface area contributed by atoms with E-state index in [9.17, 15) is 0 Å². The van der Waals surface area contributed by atoms with Crippen LogP contribution in [0.15, 0.2) is 425 Å². The molecule has 6 heterocycles. The van der Waals surface area contributed by atoms with Gasteiger partial charge in [-0.1, -0.05) is 382 Å².